The maximum absolute atomic E-state index is 10.6. The normalized spacial score (nSPS) is 18.2. The predicted octanol–water partition coefficient (Wildman–Crippen LogP) is -1.19. The second-order valence-corrected chi connectivity index (χ2v) is 2.44. The Labute approximate surface area is 61.4 Å². The zero-order valence-corrected chi connectivity index (χ0v) is 6.53. The van der Waals surface area contributed by atoms with Crippen LogP contribution in [-0.4, -0.2) is 30.0 Å². The summed E-state index contributed by atoms with van der Waals surface area (Å²) in [6.45, 7) is 0. The minimum atomic E-state index is -1.43. The molecule has 1 rings (SSSR count). The fourth-order valence-corrected chi connectivity index (χ4v) is 1.30. The van der Waals surface area contributed by atoms with E-state index in [4.69, 9.17) is 0 Å². The third kappa shape index (κ3) is 1.15. The van der Waals surface area contributed by atoms with Crippen molar-refractivity contribution in [3.8, 4) is 0 Å². The molecule has 0 saturated heterocycles. The molecule has 1 heterocycles. The van der Waals surface area contributed by atoms with Gasteiger partial charge in [-0.25, -0.2) is 4.21 Å². The molecular formula is C4H8N4OS. The third-order valence-corrected chi connectivity index (χ3v) is 1.71. The molecule has 0 aromatic rings. The van der Waals surface area contributed by atoms with Crippen LogP contribution in [0.15, 0.2) is 8.80 Å². The van der Waals surface area contributed by atoms with Crippen molar-refractivity contribution in [2.45, 2.75) is 0 Å². The van der Waals surface area contributed by atoms with Gasteiger partial charge in [0.05, 0.1) is 0 Å². The molecule has 0 atom stereocenters. The van der Waals surface area contributed by atoms with Crippen LogP contribution in [0.3, 0.4) is 0 Å². The van der Waals surface area contributed by atoms with E-state index in [1.807, 2.05) is 0 Å². The average Bonchev–Trinajstić information content (AvgIpc) is 2.30. The number of amidine groups is 2. The van der Waals surface area contributed by atoms with Crippen LogP contribution in [-0.2, 0) is 11.2 Å². The van der Waals surface area contributed by atoms with Gasteiger partial charge < -0.3 is 10.6 Å². The first-order chi connectivity index (χ1) is 4.77. The Balaban J connectivity index is 2.83. The largest absolute Gasteiger partial charge is 0.369 e. The molecule has 0 unspecified atom stereocenters. The Hall–Kier alpha value is -0.910. The third-order valence-electron chi connectivity index (χ3n) is 1.04. The number of hydrogen-bond donors (Lipinski definition) is 2. The molecule has 0 spiro atoms. The Morgan fingerprint density at radius 3 is 1.90 bits per heavy atom. The van der Waals surface area contributed by atoms with E-state index in [-0.39, 0.29) is 0 Å². The van der Waals surface area contributed by atoms with Crippen molar-refractivity contribution in [2.24, 2.45) is 8.80 Å². The second kappa shape index (κ2) is 2.78. The van der Waals surface area contributed by atoms with Crippen molar-refractivity contribution in [1.82, 2.24) is 10.6 Å². The maximum atomic E-state index is 10.6. The molecule has 0 bridgehead atoms. The molecule has 0 aliphatic carbocycles. The van der Waals surface area contributed by atoms with Crippen LogP contribution in [0.2, 0.25) is 0 Å². The molecule has 0 amide bonds. The van der Waals surface area contributed by atoms with Gasteiger partial charge in [-0.1, -0.05) is 0 Å². The minimum absolute atomic E-state index is 0.542. The summed E-state index contributed by atoms with van der Waals surface area (Å²) >= 11 is -1.43. The predicted molar refractivity (Wildman–Crippen MR) is 41.1 cm³/mol. The van der Waals surface area contributed by atoms with Gasteiger partial charge in [0, 0.05) is 14.1 Å². The van der Waals surface area contributed by atoms with Crippen molar-refractivity contribution in [3.05, 3.63) is 0 Å². The van der Waals surface area contributed by atoms with E-state index in [9.17, 15) is 4.21 Å². The van der Waals surface area contributed by atoms with Crippen LogP contribution in [0.1, 0.15) is 0 Å². The molecule has 56 valence electrons. The summed E-state index contributed by atoms with van der Waals surface area (Å²) in [5.41, 5.74) is 0. The van der Waals surface area contributed by atoms with E-state index >= 15 is 0 Å². The number of rotatable bonds is 0. The van der Waals surface area contributed by atoms with Crippen molar-refractivity contribution in [3.63, 3.8) is 0 Å². The van der Waals surface area contributed by atoms with Crippen molar-refractivity contribution < 1.29 is 4.21 Å². The van der Waals surface area contributed by atoms with Crippen molar-refractivity contribution in [1.29, 1.82) is 0 Å². The molecule has 10 heavy (non-hydrogen) atoms. The van der Waals surface area contributed by atoms with Crippen LogP contribution in [0.25, 0.3) is 0 Å². The minimum Gasteiger partial charge on any atom is -0.369 e. The van der Waals surface area contributed by atoms with E-state index in [0.717, 1.165) is 0 Å². The first kappa shape index (κ1) is 7.20. The van der Waals surface area contributed by atoms with Crippen molar-refractivity contribution in [2.75, 3.05) is 14.1 Å². The van der Waals surface area contributed by atoms with Gasteiger partial charge in [0.1, 0.15) is 0 Å². The van der Waals surface area contributed by atoms with Gasteiger partial charge in [-0.3, -0.25) is 0 Å². The fraction of sp³-hybridized carbons (Fsp3) is 0.500. The van der Waals surface area contributed by atoms with Gasteiger partial charge in [-0.05, 0) is 0 Å². The highest BCUT2D eigenvalue weighted by Crippen LogP contribution is 1.97. The number of likely N-dealkylation sites (N-methyl/N-ethyl adjacent to an activating group) is 2. The smallest absolute Gasteiger partial charge is 0.269 e. The summed E-state index contributed by atoms with van der Waals surface area (Å²) in [6.07, 6.45) is 0. The van der Waals surface area contributed by atoms with Gasteiger partial charge in [0.25, 0.3) is 11.2 Å². The molecule has 0 aromatic carbocycles. The first-order valence-electron chi connectivity index (χ1n) is 2.73. The molecular weight excluding hydrogens is 152 g/mol. The van der Waals surface area contributed by atoms with Crippen molar-refractivity contribution >= 4 is 22.8 Å². The number of hydrogen-bond acceptors (Lipinski definition) is 3. The van der Waals surface area contributed by atoms with E-state index in [2.05, 4.69) is 19.4 Å². The van der Waals surface area contributed by atoms with Gasteiger partial charge >= 0.3 is 0 Å². The Kier molecular flexibility index (Phi) is 2.00. The summed E-state index contributed by atoms with van der Waals surface area (Å²) in [7, 11) is 3.41. The monoisotopic (exact) mass is 160 g/mol. The Bertz CT molecular complexity index is 199. The topological polar surface area (TPSA) is 65.8 Å². The highest BCUT2D eigenvalue weighted by Gasteiger charge is 2.14. The lowest BCUT2D eigenvalue weighted by atomic mass is 10.5. The molecule has 1 aliphatic rings. The summed E-state index contributed by atoms with van der Waals surface area (Å²) in [6, 6.07) is 0. The number of nitrogens with one attached hydrogen (secondary N) is 2. The van der Waals surface area contributed by atoms with Crippen LogP contribution >= 0.6 is 0 Å². The molecule has 5 nitrogen and oxygen atoms in total. The highest BCUT2D eigenvalue weighted by molar-refractivity contribution is 7.83. The standard InChI is InChI=1S/C4H8N4OS/c1-5-3-4(6-2)8-10(9)7-3/h1-2H3,(H,5,7)(H,6,8). The van der Waals surface area contributed by atoms with E-state index in [1.54, 1.807) is 14.1 Å². The van der Waals surface area contributed by atoms with Crippen LogP contribution in [0.4, 0.5) is 0 Å². The van der Waals surface area contributed by atoms with Crippen LogP contribution in [0, 0.1) is 0 Å². The lowest BCUT2D eigenvalue weighted by Gasteiger charge is -1.99. The zero-order valence-electron chi connectivity index (χ0n) is 5.71. The van der Waals surface area contributed by atoms with Crippen LogP contribution in [0.5, 0.6) is 0 Å². The Morgan fingerprint density at radius 1 is 1.20 bits per heavy atom. The van der Waals surface area contributed by atoms with Gasteiger partial charge in [-0.2, -0.15) is 0 Å². The summed E-state index contributed by atoms with van der Waals surface area (Å²) in [5.74, 6) is 1.08. The quantitative estimate of drug-likeness (QED) is 0.468. The summed E-state index contributed by atoms with van der Waals surface area (Å²) < 4.78 is 18.0. The lowest BCUT2D eigenvalue weighted by molar-refractivity contribution is 0.686. The van der Waals surface area contributed by atoms with Gasteiger partial charge in [-0.15, -0.1) is 8.80 Å². The first-order valence-corrected chi connectivity index (χ1v) is 3.79. The van der Waals surface area contributed by atoms with E-state index in [0.29, 0.717) is 11.7 Å². The lowest BCUT2D eigenvalue weighted by Crippen LogP contribution is -2.34. The SMILES string of the molecule is CNC1=NS(=O)N=C1NC. The molecule has 6 heteroatoms. The molecule has 0 fully saturated rings. The highest BCUT2D eigenvalue weighted by atomic mass is 32.2. The molecule has 1 aliphatic heterocycles. The number of nitrogens with zero attached hydrogens (tertiary/aromatic N) is 2. The summed E-state index contributed by atoms with van der Waals surface area (Å²) in [5, 5.41) is 5.52. The molecule has 2 N–H and O–H groups in total. The summed E-state index contributed by atoms with van der Waals surface area (Å²) in [4.78, 5) is 0. The fourth-order valence-electron chi connectivity index (χ4n) is 0.591. The molecule has 0 radical (unpaired) electrons. The zero-order chi connectivity index (χ0) is 7.56. The second-order valence-electron chi connectivity index (χ2n) is 1.61. The molecule has 0 aromatic heterocycles. The Morgan fingerprint density at radius 2 is 1.60 bits per heavy atom. The van der Waals surface area contributed by atoms with E-state index < -0.39 is 11.2 Å². The van der Waals surface area contributed by atoms with Crippen LogP contribution < -0.4 is 10.6 Å². The molecule has 0 saturated carbocycles. The maximum Gasteiger partial charge on any atom is 0.269 e. The van der Waals surface area contributed by atoms with E-state index in [1.165, 1.54) is 0 Å². The van der Waals surface area contributed by atoms with Gasteiger partial charge in [0.15, 0.2) is 11.7 Å². The average molecular weight is 160 g/mol. The van der Waals surface area contributed by atoms with Gasteiger partial charge in [0.2, 0.25) is 0 Å².